The number of hydrogen-bond acceptors (Lipinski definition) is 8. The SMILES string of the molecule is CCC1(CC)CC(C(CCC(=O)O)(C(=O)O)C2CC(CC)(CC)N(OCC(C)(C)O)C(CC)(CC)C2)CC(CC)(CC)N1OCC(C)(C)O. The van der Waals surface area contributed by atoms with E-state index in [1.54, 1.807) is 27.7 Å². The highest BCUT2D eigenvalue weighted by atomic mass is 16.7. The summed E-state index contributed by atoms with van der Waals surface area (Å²) in [6.07, 6.45) is 7.92. The van der Waals surface area contributed by atoms with Crippen molar-refractivity contribution in [3.05, 3.63) is 0 Å². The van der Waals surface area contributed by atoms with Crippen molar-refractivity contribution in [1.82, 2.24) is 10.1 Å². The van der Waals surface area contributed by atoms with Crippen LogP contribution in [-0.4, -0.2) is 89.1 Å². The molecule has 2 heterocycles. The first-order chi connectivity index (χ1) is 22.6. The van der Waals surface area contributed by atoms with Gasteiger partial charge in [0.15, 0.2) is 0 Å². The average Bonchev–Trinajstić information content (AvgIpc) is 3.04. The third-order valence-electron chi connectivity index (χ3n) is 13.2. The van der Waals surface area contributed by atoms with Gasteiger partial charge in [0.2, 0.25) is 0 Å². The fourth-order valence-corrected chi connectivity index (χ4v) is 9.85. The lowest BCUT2D eigenvalue weighted by molar-refractivity contribution is -0.336. The van der Waals surface area contributed by atoms with Crippen LogP contribution in [0.1, 0.15) is 173 Å². The summed E-state index contributed by atoms with van der Waals surface area (Å²) in [5.41, 5.74) is -5.39. The molecule has 2 saturated heterocycles. The van der Waals surface area contributed by atoms with Gasteiger partial charge in [-0.1, -0.05) is 55.4 Å². The van der Waals surface area contributed by atoms with Gasteiger partial charge in [-0.2, -0.15) is 10.1 Å². The van der Waals surface area contributed by atoms with Gasteiger partial charge in [0.25, 0.3) is 0 Å². The van der Waals surface area contributed by atoms with Gasteiger partial charge in [-0.3, -0.25) is 19.3 Å². The van der Waals surface area contributed by atoms with Crippen LogP contribution in [0, 0.1) is 17.3 Å². The van der Waals surface area contributed by atoms with Crippen molar-refractivity contribution in [2.75, 3.05) is 13.2 Å². The van der Waals surface area contributed by atoms with Crippen LogP contribution in [-0.2, 0) is 19.3 Å². The highest BCUT2D eigenvalue weighted by molar-refractivity contribution is 5.77. The van der Waals surface area contributed by atoms with Gasteiger partial charge in [-0.05, 0) is 123 Å². The van der Waals surface area contributed by atoms with Crippen LogP contribution < -0.4 is 0 Å². The average molecular weight is 699 g/mol. The molecule has 2 aliphatic heterocycles. The molecule has 10 heteroatoms. The maximum Gasteiger partial charge on any atom is 0.310 e. The summed E-state index contributed by atoms with van der Waals surface area (Å²) in [6, 6.07) is 0. The summed E-state index contributed by atoms with van der Waals surface area (Å²) in [5.74, 6) is -2.49. The van der Waals surface area contributed by atoms with E-state index in [-0.39, 0.29) is 37.9 Å². The minimum Gasteiger partial charge on any atom is -0.481 e. The standard InChI is InChI=1S/C39H74N2O8/c1-13-35(14-2)23-29(24-36(15-3,16-4)40(35)48-27-33(9,10)46)39(32(44)45,22-21-31(42)43)30-25-37(17-5,18-6)41(49-28-34(11,12)47)38(19-7,20-8)26-30/h29-30,46-47H,13-28H2,1-12H3,(H,42,43)(H,44,45). The van der Waals surface area contributed by atoms with Crippen molar-refractivity contribution >= 4 is 11.9 Å². The highest BCUT2D eigenvalue weighted by Crippen LogP contribution is 2.62. The normalized spacial score (nSPS) is 22.3. The molecule has 0 aromatic rings. The second-order valence-electron chi connectivity index (χ2n) is 16.9. The molecule has 0 spiro atoms. The molecular formula is C39H74N2O8. The molecule has 0 atom stereocenters. The first-order valence-corrected chi connectivity index (χ1v) is 19.4. The smallest absolute Gasteiger partial charge is 0.310 e. The van der Waals surface area contributed by atoms with Crippen molar-refractivity contribution in [3.63, 3.8) is 0 Å². The molecule has 49 heavy (non-hydrogen) atoms. The van der Waals surface area contributed by atoms with E-state index in [2.05, 4.69) is 65.5 Å². The quantitative estimate of drug-likeness (QED) is 0.0989. The molecule has 2 rings (SSSR count). The number of rotatable bonds is 20. The van der Waals surface area contributed by atoms with Crippen molar-refractivity contribution in [3.8, 4) is 0 Å². The fourth-order valence-electron chi connectivity index (χ4n) is 9.85. The second-order valence-corrected chi connectivity index (χ2v) is 16.9. The molecule has 0 aliphatic carbocycles. The zero-order chi connectivity index (χ0) is 37.7. The Labute approximate surface area is 298 Å². The summed E-state index contributed by atoms with van der Waals surface area (Å²) in [5, 5.41) is 47.5. The van der Waals surface area contributed by atoms with Crippen LogP contribution in [0.5, 0.6) is 0 Å². The lowest BCUT2D eigenvalue weighted by Gasteiger charge is -2.65. The minimum absolute atomic E-state index is 0.0576. The molecule has 0 aromatic heterocycles. The van der Waals surface area contributed by atoms with Crippen molar-refractivity contribution in [2.45, 2.75) is 206 Å². The van der Waals surface area contributed by atoms with E-state index in [1.165, 1.54) is 0 Å². The van der Waals surface area contributed by atoms with Gasteiger partial charge in [-0.15, -0.1) is 0 Å². The van der Waals surface area contributed by atoms with E-state index in [1.807, 2.05) is 0 Å². The second kappa shape index (κ2) is 16.6. The Hall–Kier alpha value is -1.30. The molecule has 288 valence electrons. The number of carboxylic acid groups (broad SMARTS) is 2. The zero-order valence-corrected chi connectivity index (χ0v) is 33.3. The zero-order valence-electron chi connectivity index (χ0n) is 33.3. The predicted octanol–water partition coefficient (Wildman–Crippen LogP) is 7.99. The number of hydroxylamine groups is 4. The van der Waals surface area contributed by atoms with Gasteiger partial charge in [-0.25, -0.2) is 0 Å². The van der Waals surface area contributed by atoms with Crippen LogP contribution in [0.4, 0.5) is 0 Å². The Bertz CT molecular complexity index is 954. The van der Waals surface area contributed by atoms with E-state index in [9.17, 15) is 30.0 Å². The summed E-state index contributed by atoms with van der Waals surface area (Å²) in [7, 11) is 0. The third-order valence-corrected chi connectivity index (χ3v) is 13.2. The lowest BCUT2D eigenvalue weighted by atomic mass is 9.50. The Morgan fingerprint density at radius 3 is 1.04 bits per heavy atom. The van der Waals surface area contributed by atoms with Crippen LogP contribution >= 0.6 is 0 Å². The van der Waals surface area contributed by atoms with Crippen LogP contribution in [0.3, 0.4) is 0 Å². The number of hydrogen-bond donors (Lipinski definition) is 4. The molecule has 0 saturated carbocycles. The summed E-state index contributed by atoms with van der Waals surface area (Å²) in [4.78, 5) is 39.9. The van der Waals surface area contributed by atoms with E-state index in [0.29, 0.717) is 25.7 Å². The molecule has 10 nitrogen and oxygen atoms in total. The number of carboxylic acids is 2. The van der Waals surface area contributed by atoms with Gasteiger partial charge < -0.3 is 20.4 Å². The van der Waals surface area contributed by atoms with Gasteiger partial charge in [0.05, 0.1) is 29.8 Å². The Kier molecular flexibility index (Phi) is 14.8. The van der Waals surface area contributed by atoms with Crippen LogP contribution in [0.25, 0.3) is 0 Å². The summed E-state index contributed by atoms with van der Waals surface area (Å²) in [6.45, 7) is 24.3. The molecule has 0 bridgehead atoms. The van der Waals surface area contributed by atoms with Crippen LogP contribution in [0.2, 0.25) is 0 Å². The van der Waals surface area contributed by atoms with E-state index in [0.717, 1.165) is 51.4 Å². The topological polar surface area (TPSA) is 140 Å². The monoisotopic (exact) mass is 699 g/mol. The van der Waals surface area contributed by atoms with Crippen molar-refractivity contribution in [1.29, 1.82) is 0 Å². The Morgan fingerprint density at radius 2 is 0.857 bits per heavy atom. The molecular weight excluding hydrogens is 624 g/mol. The molecule has 4 N–H and O–H groups in total. The van der Waals surface area contributed by atoms with E-state index < -0.39 is 50.7 Å². The number of aliphatic hydroxyl groups is 2. The summed E-state index contributed by atoms with van der Waals surface area (Å²) >= 11 is 0. The van der Waals surface area contributed by atoms with E-state index in [4.69, 9.17) is 9.68 Å². The van der Waals surface area contributed by atoms with Crippen molar-refractivity contribution < 1.29 is 39.7 Å². The highest BCUT2D eigenvalue weighted by Gasteiger charge is 2.65. The van der Waals surface area contributed by atoms with E-state index >= 15 is 0 Å². The minimum atomic E-state index is -1.31. The molecule has 2 aliphatic rings. The van der Waals surface area contributed by atoms with Crippen molar-refractivity contribution in [2.24, 2.45) is 17.3 Å². The molecule has 0 radical (unpaired) electrons. The van der Waals surface area contributed by atoms with Gasteiger partial charge >= 0.3 is 11.9 Å². The Morgan fingerprint density at radius 1 is 0.592 bits per heavy atom. The number of aliphatic carboxylic acids is 2. The first-order valence-electron chi connectivity index (χ1n) is 19.4. The fraction of sp³-hybridized carbons (Fsp3) is 0.949. The maximum atomic E-state index is 14.3. The third kappa shape index (κ3) is 8.85. The molecule has 0 aromatic carbocycles. The predicted molar refractivity (Wildman–Crippen MR) is 194 cm³/mol. The Balaban J connectivity index is 2.93. The first kappa shape index (κ1) is 43.9. The van der Waals surface area contributed by atoms with Gasteiger partial charge in [0.1, 0.15) is 0 Å². The molecule has 0 amide bonds. The largest absolute Gasteiger partial charge is 0.481 e. The number of nitrogens with zero attached hydrogens (tertiary/aromatic N) is 2. The number of piperidine rings is 2. The number of carbonyl (C=O) groups is 2. The lowest BCUT2D eigenvalue weighted by Crippen LogP contribution is -2.70. The molecule has 0 unspecified atom stereocenters. The maximum absolute atomic E-state index is 14.3. The van der Waals surface area contributed by atoms with Crippen LogP contribution in [0.15, 0.2) is 0 Å². The molecule has 2 fully saturated rings. The van der Waals surface area contributed by atoms with Gasteiger partial charge in [0, 0.05) is 28.6 Å². The summed E-state index contributed by atoms with van der Waals surface area (Å²) < 4.78 is 0.